The number of nitrogens with one attached hydrogen (secondary N) is 1. The third kappa shape index (κ3) is 3.46. The SMILES string of the molecule is Cc1ccc(NC2N=CC(C(=O)N3CCS(=O)(=O)CC3)=C3C4CCC(C4)C32)cc1Cl. The van der Waals surface area contributed by atoms with Crippen molar-refractivity contribution < 1.29 is 13.2 Å². The van der Waals surface area contributed by atoms with Gasteiger partial charge in [0.1, 0.15) is 6.17 Å². The number of benzene rings is 1. The van der Waals surface area contributed by atoms with Gasteiger partial charge in [0, 0.05) is 35.9 Å². The molecule has 1 saturated heterocycles. The number of carbonyl (C=O) groups excluding carboxylic acids is 1. The molecule has 4 atom stereocenters. The molecule has 0 spiro atoms. The van der Waals surface area contributed by atoms with Crippen molar-refractivity contribution in [2.24, 2.45) is 22.7 Å². The first-order valence-electron chi connectivity index (χ1n) is 10.6. The molecule has 4 unspecified atom stereocenters. The summed E-state index contributed by atoms with van der Waals surface area (Å²) in [5.41, 5.74) is 3.90. The molecule has 1 N–H and O–H groups in total. The van der Waals surface area contributed by atoms with Gasteiger partial charge in [0.25, 0.3) is 5.91 Å². The fourth-order valence-electron chi connectivity index (χ4n) is 5.55. The average molecular weight is 448 g/mol. The Hall–Kier alpha value is -1.86. The maximum atomic E-state index is 13.3. The zero-order valence-electron chi connectivity index (χ0n) is 17.0. The smallest absolute Gasteiger partial charge is 0.255 e. The highest BCUT2D eigenvalue weighted by Crippen LogP contribution is 2.55. The van der Waals surface area contributed by atoms with Crippen LogP contribution in [0, 0.1) is 24.7 Å². The monoisotopic (exact) mass is 447 g/mol. The van der Waals surface area contributed by atoms with Crippen LogP contribution in [-0.2, 0) is 14.6 Å². The van der Waals surface area contributed by atoms with Crippen molar-refractivity contribution in [1.29, 1.82) is 0 Å². The molecule has 2 aliphatic heterocycles. The first-order valence-corrected chi connectivity index (χ1v) is 12.8. The maximum absolute atomic E-state index is 13.3. The highest BCUT2D eigenvalue weighted by atomic mass is 35.5. The number of halogens is 1. The Morgan fingerprint density at radius 2 is 2.00 bits per heavy atom. The van der Waals surface area contributed by atoms with Crippen LogP contribution < -0.4 is 5.32 Å². The van der Waals surface area contributed by atoms with Crippen molar-refractivity contribution in [2.45, 2.75) is 32.4 Å². The average Bonchev–Trinajstić information content (AvgIpc) is 3.33. The van der Waals surface area contributed by atoms with E-state index in [9.17, 15) is 13.2 Å². The fourth-order valence-corrected chi connectivity index (χ4v) is 6.93. The van der Waals surface area contributed by atoms with E-state index in [1.807, 2.05) is 25.1 Å². The van der Waals surface area contributed by atoms with Gasteiger partial charge in [0.15, 0.2) is 9.84 Å². The van der Waals surface area contributed by atoms with Crippen molar-refractivity contribution in [3.8, 4) is 0 Å². The van der Waals surface area contributed by atoms with Gasteiger partial charge in [-0.25, -0.2) is 8.42 Å². The van der Waals surface area contributed by atoms with Crippen molar-refractivity contribution in [2.75, 3.05) is 29.9 Å². The maximum Gasteiger partial charge on any atom is 0.255 e. The van der Waals surface area contributed by atoms with Crippen molar-refractivity contribution in [3.05, 3.63) is 39.9 Å². The standard InChI is InChI=1S/C22H26ClN3O3S/c1-13-2-5-16(11-18(13)23)25-21-20-15-4-3-14(10-15)19(20)17(12-24-21)22(27)26-6-8-30(28,29)9-7-26/h2,5,11-12,14-15,20-21,25H,3-4,6-10H2,1H3. The molecule has 0 aromatic heterocycles. The van der Waals surface area contributed by atoms with E-state index in [4.69, 9.17) is 16.6 Å². The van der Waals surface area contributed by atoms with E-state index in [0.717, 1.165) is 29.1 Å². The number of anilines is 1. The molecule has 2 aliphatic carbocycles. The summed E-state index contributed by atoms with van der Waals surface area (Å²) in [4.78, 5) is 19.7. The molecule has 2 heterocycles. The molecule has 6 nitrogen and oxygen atoms in total. The summed E-state index contributed by atoms with van der Waals surface area (Å²) in [6.45, 7) is 2.52. The number of aliphatic imine (C=N–C) groups is 1. The summed E-state index contributed by atoms with van der Waals surface area (Å²) >= 11 is 6.30. The molecule has 4 aliphatic rings. The largest absolute Gasteiger partial charge is 0.363 e. The second kappa shape index (κ2) is 7.38. The van der Waals surface area contributed by atoms with Gasteiger partial charge in [-0.05, 0) is 61.3 Å². The molecule has 1 amide bonds. The van der Waals surface area contributed by atoms with E-state index in [-0.39, 0.29) is 42.6 Å². The zero-order chi connectivity index (χ0) is 21.0. The lowest BCUT2D eigenvalue weighted by Gasteiger charge is -2.36. The van der Waals surface area contributed by atoms with Crippen LogP contribution in [0.25, 0.3) is 0 Å². The third-order valence-corrected chi connectivity index (χ3v) is 9.16. The van der Waals surface area contributed by atoms with Crippen LogP contribution in [-0.4, -0.2) is 56.2 Å². The van der Waals surface area contributed by atoms with E-state index >= 15 is 0 Å². The topological polar surface area (TPSA) is 78.8 Å². The molecule has 160 valence electrons. The fraction of sp³-hybridized carbons (Fsp3) is 0.545. The molecular weight excluding hydrogens is 422 g/mol. The zero-order valence-corrected chi connectivity index (χ0v) is 18.5. The Kier molecular flexibility index (Phi) is 4.93. The van der Waals surface area contributed by atoms with E-state index in [0.29, 0.717) is 17.4 Å². The summed E-state index contributed by atoms with van der Waals surface area (Å²) in [7, 11) is -3.02. The van der Waals surface area contributed by atoms with Crippen molar-refractivity contribution >= 4 is 39.2 Å². The van der Waals surface area contributed by atoms with Gasteiger partial charge in [0.05, 0.1) is 17.1 Å². The molecular formula is C22H26ClN3O3S. The second-order valence-corrected chi connectivity index (χ2v) is 11.7. The van der Waals surface area contributed by atoms with E-state index in [1.54, 1.807) is 11.1 Å². The second-order valence-electron chi connectivity index (χ2n) is 8.94. The number of rotatable bonds is 3. The number of aryl methyl sites for hydroxylation is 1. The Balaban J connectivity index is 1.41. The molecule has 2 bridgehead atoms. The predicted octanol–water partition coefficient (Wildman–Crippen LogP) is 3.07. The molecule has 2 saturated carbocycles. The van der Waals surface area contributed by atoms with Gasteiger partial charge in [-0.1, -0.05) is 17.7 Å². The number of dihydropyridines is 1. The van der Waals surface area contributed by atoms with Gasteiger partial charge in [0.2, 0.25) is 0 Å². The lowest BCUT2D eigenvalue weighted by molar-refractivity contribution is -0.126. The Morgan fingerprint density at radius 3 is 2.73 bits per heavy atom. The number of nitrogens with zero attached hydrogens (tertiary/aromatic N) is 2. The lowest BCUT2D eigenvalue weighted by atomic mass is 9.78. The highest BCUT2D eigenvalue weighted by Gasteiger charge is 2.50. The molecule has 1 aromatic carbocycles. The van der Waals surface area contributed by atoms with Gasteiger partial charge in [-0.15, -0.1) is 0 Å². The third-order valence-electron chi connectivity index (χ3n) is 7.14. The van der Waals surface area contributed by atoms with Gasteiger partial charge >= 0.3 is 0 Å². The van der Waals surface area contributed by atoms with Crippen LogP contribution in [0.2, 0.25) is 5.02 Å². The minimum Gasteiger partial charge on any atom is -0.363 e. The lowest BCUT2D eigenvalue weighted by Crippen LogP contribution is -2.46. The molecule has 3 fully saturated rings. The van der Waals surface area contributed by atoms with Crippen LogP contribution in [0.5, 0.6) is 0 Å². The van der Waals surface area contributed by atoms with Crippen LogP contribution in [0.3, 0.4) is 0 Å². The highest BCUT2D eigenvalue weighted by molar-refractivity contribution is 7.91. The number of amides is 1. The molecule has 1 aromatic rings. The summed E-state index contributed by atoms with van der Waals surface area (Å²) in [6, 6.07) is 5.94. The number of sulfone groups is 1. The van der Waals surface area contributed by atoms with Gasteiger partial charge in [-0.2, -0.15) is 0 Å². The van der Waals surface area contributed by atoms with Gasteiger partial charge < -0.3 is 10.2 Å². The molecule has 5 rings (SSSR count). The number of hydrogen-bond acceptors (Lipinski definition) is 5. The summed E-state index contributed by atoms with van der Waals surface area (Å²) < 4.78 is 23.5. The van der Waals surface area contributed by atoms with Crippen LogP contribution >= 0.6 is 11.6 Å². The number of fused-ring (bicyclic) bond motifs is 5. The van der Waals surface area contributed by atoms with Crippen LogP contribution in [0.1, 0.15) is 24.8 Å². The quantitative estimate of drug-likeness (QED) is 0.772. The molecule has 8 heteroatoms. The molecule has 0 radical (unpaired) electrons. The van der Waals surface area contributed by atoms with Crippen molar-refractivity contribution in [3.63, 3.8) is 0 Å². The van der Waals surface area contributed by atoms with E-state index < -0.39 is 9.84 Å². The molecule has 30 heavy (non-hydrogen) atoms. The summed E-state index contributed by atoms with van der Waals surface area (Å²) in [6.07, 6.45) is 5.03. The van der Waals surface area contributed by atoms with Crippen molar-refractivity contribution in [1.82, 2.24) is 4.90 Å². The van der Waals surface area contributed by atoms with E-state index in [2.05, 4.69) is 5.32 Å². The minimum absolute atomic E-state index is 0.0480. The predicted molar refractivity (Wildman–Crippen MR) is 119 cm³/mol. The summed E-state index contributed by atoms with van der Waals surface area (Å²) in [5, 5.41) is 4.26. The van der Waals surface area contributed by atoms with Crippen LogP contribution in [0.15, 0.2) is 34.3 Å². The number of hydrogen-bond donors (Lipinski definition) is 1. The first kappa shape index (κ1) is 20.1. The normalized spacial score (nSPS) is 31.7. The Morgan fingerprint density at radius 1 is 1.23 bits per heavy atom. The summed E-state index contributed by atoms with van der Waals surface area (Å²) in [5.74, 6) is 1.22. The van der Waals surface area contributed by atoms with E-state index in [1.165, 1.54) is 12.0 Å². The first-order chi connectivity index (χ1) is 14.3. The Labute approximate surface area is 182 Å². The minimum atomic E-state index is -3.02. The number of carbonyl (C=O) groups is 1. The van der Waals surface area contributed by atoms with Gasteiger partial charge in [-0.3, -0.25) is 9.79 Å². The Bertz CT molecular complexity index is 1050. The van der Waals surface area contributed by atoms with Crippen LogP contribution in [0.4, 0.5) is 5.69 Å².